The lowest BCUT2D eigenvalue weighted by Crippen LogP contribution is -2.25. The van der Waals surface area contributed by atoms with Crippen LogP contribution in [0.25, 0.3) is 11.3 Å². The Morgan fingerprint density at radius 1 is 1.07 bits per heavy atom. The van der Waals surface area contributed by atoms with Crippen LogP contribution in [0.5, 0.6) is 0 Å². The monoisotopic (exact) mass is 422 g/mol. The number of rotatable bonds is 5. The largest absolute Gasteiger partial charge is 0.366 e. The van der Waals surface area contributed by atoms with Crippen LogP contribution in [0.2, 0.25) is 0 Å². The fourth-order valence-electron chi connectivity index (χ4n) is 3.63. The van der Waals surface area contributed by atoms with Crippen molar-refractivity contribution < 1.29 is 9.72 Å². The number of hydrogen-bond donors (Lipinski definition) is 1. The highest BCUT2D eigenvalue weighted by Crippen LogP contribution is 2.32. The summed E-state index contributed by atoms with van der Waals surface area (Å²) in [7, 11) is 0. The number of anilines is 2. The summed E-state index contributed by atoms with van der Waals surface area (Å²) in [6.45, 7) is 1.60. The van der Waals surface area contributed by atoms with Crippen LogP contribution in [-0.2, 0) is 0 Å². The molecule has 2 aromatic carbocycles. The summed E-state index contributed by atoms with van der Waals surface area (Å²) in [4.78, 5) is 30.5. The Balaban J connectivity index is 1.53. The van der Waals surface area contributed by atoms with Crippen molar-refractivity contribution in [3.8, 4) is 11.3 Å². The molecule has 1 fully saturated rings. The van der Waals surface area contributed by atoms with E-state index in [9.17, 15) is 14.9 Å². The van der Waals surface area contributed by atoms with Gasteiger partial charge in [0.1, 0.15) is 5.69 Å². The number of aromatic nitrogens is 1. The highest BCUT2D eigenvalue weighted by molar-refractivity contribution is 7.14. The number of hydrogen-bond acceptors (Lipinski definition) is 6. The minimum absolute atomic E-state index is 0.0336. The summed E-state index contributed by atoms with van der Waals surface area (Å²) in [6, 6.07) is 14.4. The lowest BCUT2D eigenvalue weighted by atomic mass is 10.1. The van der Waals surface area contributed by atoms with E-state index in [1.165, 1.54) is 17.4 Å². The van der Waals surface area contributed by atoms with Gasteiger partial charge >= 0.3 is 0 Å². The van der Waals surface area contributed by atoms with Crippen molar-refractivity contribution in [2.75, 3.05) is 23.3 Å². The third-order valence-corrected chi connectivity index (χ3v) is 5.93. The fraction of sp³-hybridized carbons (Fsp3) is 0.273. The first kappa shape index (κ1) is 20.0. The molecule has 3 aromatic rings. The number of thiazole rings is 1. The van der Waals surface area contributed by atoms with Gasteiger partial charge in [-0.05, 0) is 25.0 Å². The van der Waals surface area contributed by atoms with Crippen LogP contribution in [0.1, 0.15) is 36.0 Å². The Bertz CT molecular complexity index is 1040. The number of nitrogens with zero attached hydrogens (tertiary/aromatic N) is 3. The molecule has 0 saturated carbocycles. The Labute approximate surface area is 178 Å². The quantitative estimate of drug-likeness (QED) is 0.442. The molecular formula is C22H22N4O3S. The number of carbonyl (C=O) groups excluding carboxylic acids is 1. The molecule has 1 aliphatic rings. The summed E-state index contributed by atoms with van der Waals surface area (Å²) in [5.74, 6) is -0.408. The molecule has 2 heterocycles. The van der Waals surface area contributed by atoms with Gasteiger partial charge in [-0.15, -0.1) is 11.3 Å². The average molecular weight is 423 g/mol. The second-order valence-electron chi connectivity index (χ2n) is 7.22. The average Bonchev–Trinajstić information content (AvgIpc) is 3.06. The van der Waals surface area contributed by atoms with Crippen LogP contribution in [0, 0.1) is 10.1 Å². The minimum atomic E-state index is -0.409. The van der Waals surface area contributed by atoms with Gasteiger partial charge in [0.25, 0.3) is 11.6 Å². The third-order valence-electron chi connectivity index (χ3n) is 5.18. The van der Waals surface area contributed by atoms with E-state index < -0.39 is 10.8 Å². The van der Waals surface area contributed by atoms with Gasteiger partial charge in [0.15, 0.2) is 5.13 Å². The van der Waals surface area contributed by atoms with Gasteiger partial charge in [-0.1, -0.05) is 43.2 Å². The van der Waals surface area contributed by atoms with E-state index in [0.29, 0.717) is 10.8 Å². The number of amides is 1. The maximum absolute atomic E-state index is 12.7. The molecule has 8 heteroatoms. The standard InChI is InChI=1S/C22H22N4O3S/c27-21(24-22-23-18(15-30-22)16-8-4-3-5-9-16)17-10-11-19(20(14-17)26(28)29)25-12-6-1-2-7-13-25/h3-5,8-11,14-15H,1-2,6-7,12-13H2,(H,23,24,27). The summed E-state index contributed by atoms with van der Waals surface area (Å²) >= 11 is 1.32. The van der Waals surface area contributed by atoms with Crippen molar-refractivity contribution in [2.24, 2.45) is 0 Å². The minimum Gasteiger partial charge on any atom is -0.366 e. The van der Waals surface area contributed by atoms with Crippen molar-refractivity contribution in [3.05, 3.63) is 69.6 Å². The Kier molecular flexibility index (Phi) is 6.04. The second-order valence-corrected chi connectivity index (χ2v) is 8.08. The first-order chi connectivity index (χ1) is 14.6. The van der Waals surface area contributed by atoms with Crippen LogP contribution in [0.15, 0.2) is 53.9 Å². The van der Waals surface area contributed by atoms with Crippen LogP contribution < -0.4 is 10.2 Å². The predicted octanol–water partition coefficient (Wildman–Crippen LogP) is 5.35. The zero-order valence-corrected chi connectivity index (χ0v) is 17.2. The molecule has 0 radical (unpaired) electrons. The highest BCUT2D eigenvalue weighted by Gasteiger charge is 2.23. The molecule has 1 saturated heterocycles. The van der Waals surface area contributed by atoms with Crippen molar-refractivity contribution >= 4 is 33.8 Å². The smallest absolute Gasteiger partial charge is 0.293 e. The van der Waals surface area contributed by atoms with Gasteiger partial charge in [-0.25, -0.2) is 4.98 Å². The molecule has 0 atom stereocenters. The Hall–Kier alpha value is -3.26. The molecule has 1 aliphatic heterocycles. The van der Waals surface area contributed by atoms with Crippen molar-refractivity contribution in [1.29, 1.82) is 0 Å². The third kappa shape index (κ3) is 4.49. The molecule has 0 spiro atoms. The summed E-state index contributed by atoms with van der Waals surface area (Å²) in [6.07, 6.45) is 4.33. The lowest BCUT2D eigenvalue weighted by Gasteiger charge is -2.22. The van der Waals surface area contributed by atoms with Crippen LogP contribution in [0.3, 0.4) is 0 Å². The molecule has 154 valence electrons. The van der Waals surface area contributed by atoms with E-state index in [4.69, 9.17) is 0 Å². The molecule has 0 unspecified atom stereocenters. The number of benzene rings is 2. The van der Waals surface area contributed by atoms with Crippen molar-refractivity contribution in [2.45, 2.75) is 25.7 Å². The van der Waals surface area contributed by atoms with Gasteiger partial charge in [0, 0.05) is 35.7 Å². The molecule has 7 nitrogen and oxygen atoms in total. The second kappa shape index (κ2) is 9.04. The molecular weight excluding hydrogens is 400 g/mol. The summed E-state index contributed by atoms with van der Waals surface area (Å²) in [5.41, 5.74) is 2.54. The van der Waals surface area contributed by atoms with E-state index in [0.717, 1.165) is 50.0 Å². The lowest BCUT2D eigenvalue weighted by molar-refractivity contribution is -0.384. The maximum atomic E-state index is 12.7. The van der Waals surface area contributed by atoms with Crippen LogP contribution in [0.4, 0.5) is 16.5 Å². The van der Waals surface area contributed by atoms with Gasteiger partial charge in [0.2, 0.25) is 0 Å². The number of nitro benzene ring substituents is 1. The van der Waals surface area contributed by atoms with E-state index in [-0.39, 0.29) is 11.3 Å². The normalized spacial score (nSPS) is 14.2. The van der Waals surface area contributed by atoms with Gasteiger partial charge < -0.3 is 4.90 Å². The number of nitrogens with one attached hydrogen (secondary N) is 1. The SMILES string of the molecule is O=C(Nc1nc(-c2ccccc2)cs1)c1ccc(N2CCCCCC2)c([N+](=O)[O-])c1. The molecule has 30 heavy (non-hydrogen) atoms. The Morgan fingerprint density at radius 3 is 2.50 bits per heavy atom. The highest BCUT2D eigenvalue weighted by atomic mass is 32.1. The topological polar surface area (TPSA) is 88.4 Å². The van der Waals surface area contributed by atoms with Gasteiger partial charge in [0.05, 0.1) is 10.6 Å². The zero-order valence-electron chi connectivity index (χ0n) is 16.4. The van der Waals surface area contributed by atoms with Crippen LogP contribution in [-0.4, -0.2) is 28.9 Å². The molecule has 0 bridgehead atoms. The van der Waals surface area contributed by atoms with E-state index in [1.807, 2.05) is 35.7 Å². The summed E-state index contributed by atoms with van der Waals surface area (Å²) in [5, 5.41) is 16.8. The number of nitro groups is 1. The van der Waals surface area contributed by atoms with E-state index in [1.54, 1.807) is 12.1 Å². The van der Waals surface area contributed by atoms with E-state index >= 15 is 0 Å². The molecule has 0 aliphatic carbocycles. The Morgan fingerprint density at radius 2 is 1.80 bits per heavy atom. The molecule has 4 rings (SSSR count). The first-order valence-corrected chi connectivity index (χ1v) is 10.9. The molecule has 1 aromatic heterocycles. The maximum Gasteiger partial charge on any atom is 0.293 e. The molecule has 1 amide bonds. The van der Waals surface area contributed by atoms with Crippen molar-refractivity contribution in [3.63, 3.8) is 0 Å². The fourth-order valence-corrected chi connectivity index (χ4v) is 4.35. The molecule has 1 N–H and O–H groups in total. The first-order valence-electron chi connectivity index (χ1n) is 9.97. The van der Waals surface area contributed by atoms with Gasteiger partial charge in [-0.3, -0.25) is 20.2 Å². The van der Waals surface area contributed by atoms with Gasteiger partial charge in [-0.2, -0.15) is 0 Å². The zero-order chi connectivity index (χ0) is 20.9. The van der Waals surface area contributed by atoms with Crippen LogP contribution >= 0.6 is 11.3 Å². The van der Waals surface area contributed by atoms with Crippen molar-refractivity contribution in [1.82, 2.24) is 4.98 Å². The van der Waals surface area contributed by atoms with E-state index in [2.05, 4.69) is 15.2 Å². The predicted molar refractivity (Wildman–Crippen MR) is 119 cm³/mol. The number of carbonyl (C=O) groups is 1. The summed E-state index contributed by atoms with van der Waals surface area (Å²) < 4.78 is 0.